The molecule has 3 rings (SSSR count). The highest BCUT2D eigenvalue weighted by Gasteiger charge is 2.39. The maximum absolute atomic E-state index is 6.32. The Bertz CT molecular complexity index is 383. The second-order valence-corrected chi connectivity index (χ2v) is 5.48. The maximum Gasteiger partial charge on any atom is 0.0676 e. The van der Waals surface area contributed by atoms with Gasteiger partial charge in [0.15, 0.2) is 0 Å². The van der Waals surface area contributed by atoms with E-state index in [0.717, 1.165) is 18.2 Å². The number of piperidine rings is 1. The summed E-state index contributed by atoms with van der Waals surface area (Å²) >= 11 is 0. The fraction of sp³-hybridized carbons (Fsp3) is 0.643. The average molecular weight is 231 g/mol. The van der Waals surface area contributed by atoms with Gasteiger partial charge in [-0.1, -0.05) is 6.07 Å². The zero-order chi connectivity index (χ0) is 11.8. The lowest BCUT2D eigenvalue weighted by atomic mass is 9.93. The topological polar surface area (TPSA) is 42.1 Å². The highest BCUT2D eigenvalue weighted by Crippen LogP contribution is 2.38. The van der Waals surface area contributed by atoms with Crippen molar-refractivity contribution in [1.29, 1.82) is 0 Å². The summed E-state index contributed by atoms with van der Waals surface area (Å²) in [4.78, 5) is 7.18. The lowest BCUT2D eigenvalue weighted by Crippen LogP contribution is -2.47. The lowest BCUT2D eigenvalue weighted by Gasteiger charge is -2.39. The minimum absolute atomic E-state index is 0.250. The Labute approximate surface area is 103 Å². The first-order valence-corrected chi connectivity index (χ1v) is 6.69. The van der Waals surface area contributed by atoms with E-state index < -0.39 is 0 Å². The van der Waals surface area contributed by atoms with Crippen molar-refractivity contribution in [3.8, 4) is 0 Å². The van der Waals surface area contributed by atoms with Crippen molar-refractivity contribution in [3.63, 3.8) is 0 Å². The van der Waals surface area contributed by atoms with Crippen LogP contribution in [0.4, 0.5) is 0 Å². The molecule has 92 valence electrons. The maximum atomic E-state index is 6.32. The normalized spacial score (nSPS) is 30.5. The molecular weight excluding hydrogens is 210 g/mol. The molecule has 1 aromatic rings. The average Bonchev–Trinajstić information content (AvgIpc) is 3.14. The highest BCUT2D eigenvalue weighted by molar-refractivity contribution is 5.18. The molecule has 1 aliphatic carbocycles. The first-order chi connectivity index (χ1) is 8.25. The molecule has 0 radical (unpaired) electrons. The van der Waals surface area contributed by atoms with E-state index in [1.165, 1.54) is 31.4 Å². The monoisotopic (exact) mass is 231 g/mol. The predicted octanol–water partition coefficient (Wildman–Crippen LogP) is 2.02. The molecule has 1 saturated heterocycles. The number of rotatable bonds is 2. The van der Waals surface area contributed by atoms with Gasteiger partial charge in [0.25, 0.3) is 0 Å². The number of nitrogens with two attached hydrogens (primary N) is 1. The molecule has 17 heavy (non-hydrogen) atoms. The molecule has 1 aromatic heterocycles. The van der Waals surface area contributed by atoms with Crippen molar-refractivity contribution in [3.05, 3.63) is 29.6 Å². The third-order valence-corrected chi connectivity index (χ3v) is 3.97. The molecule has 2 heterocycles. The number of aromatic nitrogens is 1. The Morgan fingerprint density at radius 1 is 1.29 bits per heavy atom. The van der Waals surface area contributed by atoms with Gasteiger partial charge in [-0.3, -0.25) is 9.88 Å². The largest absolute Gasteiger partial charge is 0.326 e. The minimum Gasteiger partial charge on any atom is -0.326 e. The van der Waals surface area contributed by atoms with Crippen molar-refractivity contribution in [2.45, 2.75) is 50.7 Å². The smallest absolute Gasteiger partial charge is 0.0676 e. The first kappa shape index (κ1) is 11.2. The summed E-state index contributed by atoms with van der Waals surface area (Å²) in [5.41, 5.74) is 8.70. The molecular formula is C14H21N3. The van der Waals surface area contributed by atoms with Crippen molar-refractivity contribution in [2.24, 2.45) is 5.73 Å². The van der Waals surface area contributed by atoms with E-state index in [4.69, 9.17) is 5.73 Å². The minimum atomic E-state index is 0.250. The van der Waals surface area contributed by atoms with Gasteiger partial charge in [0.2, 0.25) is 0 Å². The Morgan fingerprint density at radius 3 is 2.76 bits per heavy atom. The molecule has 1 saturated carbocycles. The van der Waals surface area contributed by atoms with Crippen LogP contribution in [0, 0.1) is 6.92 Å². The van der Waals surface area contributed by atoms with E-state index in [1.54, 1.807) is 0 Å². The summed E-state index contributed by atoms with van der Waals surface area (Å²) in [6, 6.07) is 5.67. The number of nitrogens with zero attached hydrogens (tertiary/aromatic N) is 2. The quantitative estimate of drug-likeness (QED) is 0.846. The van der Waals surface area contributed by atoms with Gasteiger partial charge < -0.3 is 5.73 Å². The van der Waals surface area contributed by atoms with E-state index >= 15 is 0 Å². The van der Waals surface area contributed by atoms with Crippen molar-refractivity contribution in [1.82, 2.24) is 9.88 Å². The van der Waals surface area contributed by atoms with Gasteiger partial charge in [0.1, 0.15) is 0 Å². The van der Waals surface area contributed by atoms with Gasteiger partial charge in [0, 0.05) is 18.3 Å². The SMILES string of the molecule is Cc1ccc(C2C(N)CCCN2C2CC2)nc1. The number of likely N-dealkylation sites (tertiary alicyclic amines) is 1. The van der Waals surface area contributed by atoms with Crippen molar-refractivity contribution < 1.29 is 0 Å². The fourth-order valence-electron chi connectivity index (χ4n) is 2.91. The molecule has 1 aliphatic heterocycles. The zero-order valence-electron chi connectivity index (χ0n) is 10.5. The third-order valence-electron chi connectivity index (χ3n) is 3.97. The zero-order valence-corrected chi connectivity index (χ0v) is 10.5. The van der Waals surface area contributed by atoms with E-state index in [-0.39, 0.29) is 6.04 Å². The van der Waals surface area contributed by atoms with E-state index in [0.29, 0.717) is 6.04 Å². The summed E-state index contributed by atoms with van der Waals surface area (Å²) in [5.74, 6) is 0. The van der Waals surface area contributed by atoms with Gasteiger partial charge in [-0.05, 0) is 50.8 Å². The molecule has 0 amide bonds. The van der Waals surface area contributed by atoms with Gasteiger partial charge in [0.05, 0.1) is 11.7 Å². The van der Waals surface area contributed by atoms with Crippen LogP contribution in [0.1, 0.15) is 43.0 Å². The molecule has 2 atom stereocenters. The number of pyridine rings is 1. The number of aryl methyl sites for hydroxylation is 1. The van der Waals surface area contributed by atoms with Crippen LogP contribution in [-0.4, -0.2) is 28.5 Å². The van der Waals surface area contributed by atoms with Crippen LogP contribution in [0.3, 0.4) is 0 Å². The van der Waals surface area contributed by atoms with Gasteiger partial charge >= 0.3 is 0 Å². The Balaban J connectivity index is 1.87. The molecule has 2 unspecified atom stereocenters. The molecule has 3 nitrogen and oxygen atoms in total. The van der Waals surface area contributed by atoms with E-state index in [2.05, 4.69) is 28.9 Å². The molecule has 2 fully saturated rings. The highest BCUT2D eigenvalue weighted by atomic mass is 15.2. The van der Waals surface area contributed by atoms with Gasteiger partial charge in [-0.25, -0.2) is 0 Å². The fourth-order valence-corrected chi connectivity index (χ4v) is 2.91. The van der Waals surface area contributed by atoms with Crippen molar-refractivity contribution in [2.75, 3.05) is 6.54 Å². The van der Waals surface area contributed by atoms with Crippen LogP contribution in [0.2, 0.25) is 0 Å². The molecule has 0 aromatic carbocycles. The lowest BCUT2D eigenvalue weighted by molar-refractivity contribution is 0.116. The van der Waals surface area contributed by atoms with Crippen LogP contribution in [0.25, 0.3) is 0 Å². The van der Waals surface area contributed by atoms with Crippen LogP contribution >= 0.6 is 0 Å². The summed E-state index contributed by atoms with van der Waals surface area (Å²) in [5, 5.41) is 0. The number of hydrogen-bond acceptors (Lipinski definition) is 3. The van der Waals surface area contributed by atoms with Gasteiger partial charge in [-0.15, -0.1) is 0 Å². The number of hydrogen-bond donors (Lipinski definition) is 1. The predicted molar refractivity (Wildman–Crippen MR) is 68.7 cm³/mol. The van der Waals surface area contributed by atoms with E-state index in [9.17, 15) is 0 Å². The molecule has 2 aliphatic rings. The first-order valence-electron chi connectivity index (χ1n) is 6.69. The van der Waals surface area contributed by atoms with Crippen LogP contribution in [0.15, 0.2) is 18.3 Å². The van der Waals surface area contributed by atoms with Crippen LogP contribution in [0.5, 0.6) is 0 Å². The van der Waals surface area contributed by atoms with Crippen LogP contribution < -0.4 is 5.73 Å². The Kier molecular flexibility index (Phi) is 2.89. The van der Waals surface area contributed by atoms with Crippen LogP contribution in [-0.2, 0) is 0 Å². The molecule has 3 heteroatoms. The summed E-state index contributed by atoms with van der Waals surface area (Å²) in [7, 11) is 0. The second kappa shape index (κ2) is 4.39. The summed E-state index contributed by atoms with van der Waals surface area (Å²) in [6.45, 7) is 3.27. The molecule has 2 N–H and O–H groups in total. The standard InChI is InChI=1S/C14H21N3/c1-10-4-7-13(16-9-10)14-12(15)3-2-8-17(14)11-5-6-11/h4,7,9,11-12,14H,2-3,5-6,8,15H2,1H3. The second-order valence-electron chi connectivity index (χ2n) is 5.48. The molecule has 0 spiro atoms. The van der Waals surface area contributed by atoms with E-state index in [1.807, 2.05) is 6.20 Å². The summed E-state index contributed by atoms with van der Waals surface area (Å²) < 4.78 is 0. The summed E-state index contributed by atoms with van der Waals surface area (Å²) in [6.07, 6.45) is 7.01. The Hall–Kier alpha value is -0.930. The molecule has 0 bridgehead atoms. The third kappa shape index (κ3) is 2.22. The Morgan fingerprint density at radius 2 is 2.12 bits per heavy atom. The van der Waals surface area contributed by atoms with Crippen molar-refractivity contribution >= 4 is 0 Å². The van der Waals surface area contributed by atoms with Gasteiger partial charge in [-0.2, -0.15) is 0 Å².